The molecule has 0 aromatic heterocycles. The number of allylic oxidation sites excluding steroid dienone is 4. The molecular weight excluding hydrogens is 641 g/mol. The van der Waals surface area contributed by atoms with Crippen molar-refractivity contribution in [3.05, 3.63) is 148 Å². The zero-order valence-corrected chi connectivity index (χ0v) is 32.0. The van der Waals surface area contributed by atoms with E-state index in [1.54, 1.807) is 0 Å². The zero-order valence-electron chi connectivity index (χ0n) is 32.0. The molecular formula is C48H56O4. The average Bonchev–Trinajstić information content (AvgIpc) is 3.47. The van der Waals surface area contributed by atoms with Crippen molar-refractivity contribution < 1.29 is 18.9 Å². The fourth-order valence-corrected chi connectivity index (χ4v) is 7.87. The number of hydrogen-bond acceptors (Lipinski definition) is 4. The van der Waals surface area contributed by atoms with Crippen LogP contribution in [0.15, 0.2) is 115 Å². The maximum absolute atomic E-state index is 6.15. The second-order valence-electron chi connectivity index (χ2n) is 14.3. The van der Waals surface area contributed by atoms with Crippen LogP contribution < -0.4 is 4.74 Å². The Morgan fingerprint density at radius 2 is 1.42 bits per heavy atom. The quantitative estimate of drug-likeness (QED) is 0.0813. The van der Waals surface area contributed by atoms with Crippen LogP contribution >= 0.6 is 0 Å². The van der Waals surface area contributed by atoms with E-state index in [-0.39, 0.29) is 5.92 Å². The lowest BCUT2D eigenvalue weighted by molar-refractivity contribution is 0.0858. The van der Waals surface area contributed by atoms with Gasteiger partial charge in [-0.25, -0.2) is 0 Å². The number of hydrogen-bond donors (Lipinski definition) is 0. The van der Waals surface area contributed by atoms with Crippen LogP contribution in [0.25, 0.3) is 22.8 Å². The summed E-state index contributed by atoms with van der Waals surface area (Å²) < 4.78 is 23.3. The first kappa shape index (κ1) is 37.4. The van der Waals surface area contributed by atoms with Gasteiger partial charge >= 0.3 is 0 Å². The van der Waals surface area contributed by atoms with Gasteiger partial charge in [0.2, 0.25) is 0 Å². The number of ether oxygens (including phenoxy) is 4. The predicted molar refractivity (Wildman–Crippen MR) is 216 cm³/mol. The largest absolute Gasteiger partial charge is 0.492 e. The topological polar surface area (TPSA) is 36.9 Å². The highest BCUT2D eigenvalue weighted by Gasteiger charge is 2.49. The molecule has 0 radical (unpaired) electrons. The lowest BCUT2D eigenvalue weighted by Crippen LogP contribution is -2.36. The van der Waals surface area contributed by atoms with Crippen LogP contribution in [0.4, 0.5) is 0 Å². The number of fused-ring (bicyclic) bond motifs is 3. The normalized spacial score (nSPS) is 18.6. The van der Waals surface area contributed by atoms with E-state index >= 15 is 0 Å². The van der Waals surface area contributed by atoms with Gasteiger partial charge < -0.3 is 18.9 Å². The fourth-order valence-electron chi connectivity index (χ4n) is 7.87. The van der Waals surface area contributed by atoms with Crippen LogP contribution in [0.1, 0.15) is 93.7 Å². The SMILES string of the molecule is CCOCCOC1=CCC(C2(c3ccc(OCCOCC)cc3)c3cc(C=C(c4ccccc4)C(C)CC)ccc3-c3ccc(C(C)C)cc32)C=C1. The molecule has 3 unspecified atom stereocenters. The maximum atomic E-state index is 6.15. The van der Waals surface area contributed by atoms with E-state index in [0.29, 0.717) is 51.5 Å². The first-order chi connectivity index (χ1) is 25.4. The van der Waals surface area contributed by atoms with E-state index < -0.39 is 5.41 Å². The van der Waals surface area contributed by atoms with Crippen molar-refractivity contribution in [2.45, 2.75) is 65.7 Å². The van der Waals surface area contributed by atoms with Crippen molar-refractivity contribution in [3.8, 4) is 16.9 Å². The molecule has 0 N–H and O–H groups in total. The molecule has 3 atom stereocenters. The van der Waals surface area contributed by atoms with Gasteiger partial charge in [0, 0.05) is 13.2 Å². The molecule has 0 fully saturated rings. The van der Waals surface area contributed by atoms with Gasteiger partial charge in [-0.05, 0) is 125 Å². The number of benzene rings is 4. The van der Waals surface area contributed by atoms with Crippen LogP contribution in [-0.4, -0.2) is 39.6 Å². The molecule has 6 rings (SSSR count). The molecule has 4 aromatic rings. The second-order valence-corrected chi connectivity index (χ2v) is 14.3. The van der Waals surface area contributed by atoms with Crippen LogP contribution in [0, 0.1) is 11.8 Å². The summed E-state index contributed by atoms with van der Waals surface area (Å²) in [5.41, 5.74) is 11.4. The maximum Gasteiger partial charge on any atom is 0.119 e. The molecule has 4 heteroatoms. The Morgan fingerprint density at radius 3 is 2.06 bits per heavy atom. The highest BCUT2D eigenvalue weighted by atomic mass is 16.5. The van der Waals surface area contributed by atoms with Gasteiger partial charge in [-0.2, -0.15) is 0 Å². The van der Waals surface area contributed by atoms with Crippen LogP contribution in [0.5, 0.6) is 5.75 Å². The summed E-state index contributed by atoms with van der Waals surface area (Å²) in [7, 11) is 0. The Morgan fingerprint density at radius 1 is 0.750 bits per heavy atom. The fraction of sp³-hybridized carbons (Fsp3) is 0.375. The van der Waals surface area contributed by atoms with Gasteiger partial charge in [0.05, 0.1) is 18.6 Å². The van der Waals surface area contributed by atoms with Gasteiger partial charge in [-0.1, -0.05) is 113 Å². The van der Waals surface area contributed by atoms with Crippen molar-refractivity contribution in [2.24, 2.45) is 11.8 Å². The summed E-state index contributed by atoms with van der Waals surface area (Å²) >= 11 is 0. The van der Waals surface area contributed by atoms with E-state index in [0.717, 1.165) is 24.4 Å². The van der Waals surface area contributed by atoms with Gasteiger partial charge in [-0.15, -0.1) is 0 Å². The third-order valence-electron chi connectivity index (χ3n) is 10.8. The Balaban J connectivity index is 1.52. The minimum Gasteiger partial charge on any atom is -0.492 e. The molecule has 0 aliphatic heterocycles. The molecule has 4 aromatic carbocycles. The summed E-state index contributed by atoms with van der Waals surface area (Å²) in [6.45, 7) is 16.8. The highest BCUT2D eigenvalue weighted by Crippen LogP contribution is 2.59. The summed E-state index contributed by atoms with van der Waals surface area (Å²) in [4.78, 5) is 0. The second kappa shape index (κ2) is 17.4. The summed E-state index contributed by atoms with van der Waals surface area (Å²) in [5.74, 6) is 2.75. The molecule has 52 heavy (non-hydrogen) atoms. The molecule has 272 valence electrons. The minimum atomic E-state index is -0.434. The molecule has 4 nitrogen and oxygen atoms in total. The van der Waals surface area contributed by atoms with Gasteiger partial charge in [0.15, 0.2) is 0 Å². The standard InChI is InChI=1S/C48H56O4/c1-7-35(6)45(37-13-11-10-12-14-37)31-36-15-25-43-44-26-16-38(34(4)5)33-47(44)48(46(43)32-36,39-17-21-41(22-18-39)51-29-27-49-8-2)40-19-23-42(24-20-40)52-30-28-50-9-3/h10-19,21-26,31-35,40H,7-9,20,27-30H2,1-6H3. The molecule has 0 amide bonds. The van der Waals surface area contributed by atoms with Crippen molar-refractivity contribution in [3.63, 3.8) is 0 Å². The van der Waals surface area contributed by atoms with Gasteiger partial charge in [-0.3, -0.25) is 0 Å². The average molecular weight is 697 g/mol. The van der Waals surface area contributed by atoms with Crippen LogP contribution in [0.2, 0.25) is 0 Å². The summed E-state index contributed by atoms with van der Waals surface area (Å²) in [6, 6.07) is 34.1. The first-order valence-corrected chi connectivity index (χ1v) is 19.4. The molecule has 2 aliphatic rings. The molecule has 0 bridgehead atoms. The third-order valence-corrected chi connectivity index (χ3v) is 10.8. The molecule has 0 heterocycles. The van der Waals surface area contributed by atoms with Gasteiger partial charge in [0.25, 0.3) is 0 Å². The smallest absolute Gasteiger partial charge is 0.119 e. The Kier molecular flexibility index (Phi) is 12.5. The highest BCUT2D eigenvalue weighted by molar-refractivity contribution is 5.88. The van der Waals surface area contributed by atoms with E-state index in [4.69, 9.17) is 18.9 Å². The lowest BCUT2D eigenvalue weighted by Gasteiger charge is -2.40. The van der Waals surface area contributed by atoms with E-state index in [9.17, 15) is 0 Å². The molecule has 0 saturated carbocycles. The Labute approximate surface area is 312 Å². The van der Waals surface area contributed by atoms with E-state index in [1.165, 1.54) is 50.1 Å². The predicted octanol–water partition coefficient (Wildman–Crippen LogP) is 11.6. The molecule has 0 spiro atoms. The first-order valence-electron chi connectivity index (χ1n) is 19.4. The van der Waals surface area contributed by atoms with Crippen LogP contribution in [-0.2, 0) is 19.6 Å². The van der Waals surface area contributed by atoms with Crippen LogP contribution in [0.3, 0.4) is 0 Å². The van der Waals surface area contributed by atoms with Crippen molar-refractivity contribution in [1.82, 2.24) is 0 Å². The van der Waals surface area contributed by atoms with Gasteiger partial charge in [0.1, 0.15) is 24.7 Å². The third kappa shape index (κ3) is 7.84. The lowest BCUT2D eigenvalue weighted by atomic mass is 9.62. The number of rotatable bonds is 17. The van der Waals surface area contributed by atoms with Crippen molar-refractivity contribution in [1.29, 1.82) is 0 Å². The van der Waals surface area contributed by atoms with E-state index in [2.05, 4.69) is 143 Å². The Hall–Kier alpha value is -4.38. The Bertz CT molecular complexity index is 1870. The zero-order chi connectivity index (χ0) is 36.5. The monoisotopic (exact) mass is 696 g/mol. The molecule has 2 aliphatic carbocycles. The minimum absolute atomic E-state index is 0.154. The van der Waals surface area contributed by atoms with E-state index in [1.807, 2.05) is 13.8 Å². The summed E-state index contributed by atoms with van der Waals surface area (Å²) in [6.07, 6.45) is 11.2. The summed E-state index contributed by atoms with van der Waals surface area (Å²) in [5, 5.41) is 0. The van der Waals surface area contributed by atoms with Crippen molar-refractivity contribution in [2.75, 3.05) is 39.6 Å². The van der Waals surface area contributed by atoms with Crippen molar-refractivity contribution >= 4 is 11.6 Å². The molecule has 0 saturated heterocycles.